The highest BCUT2D eigenvalue weighted by atomic mass is 19.1. The minimum absolute atomic E-state index is 0.0241. The van der Waals surface area contributed by atoms with E-state index >= 15 is 0 Å². The van der Waals surface area contributed by atoms with Gasteiger partial charge in [0.2, 0.25) is 5.91 Å². The Kier molecular flexibility index (Phi) is 5.09. The molecular weight excluding hydrogens is 257 g/mol. The highest BCUT2D eigenvalue weighted by Crippen LogP contribution is 2.18. The first-order valence-corrected chi connectivity index (χ1v) is 6.98. The average molecular weight is 279 g/mol. The second kappa shape index (κ2) is 6.81. The minimum Gasteiger partial charge on any atom is -0.354 e. The molecule has 2 unspecified atom stereocenters. The fraction of sp³-hybridized carbons (Fsp3) is 0.533. The van der Waals surface area contributed by atoms with Gasteiger partial charge in [-0.05, 0) is 44.8 Å². The Balaban J connectivity index is 1.97. The van der Waals surface area contributed by atoms with Crippen molar-refractivity contribution in [2.75, 3.05) is 33.7 Å². The molecule has 2 atom stereocenters. The lowest BCUT2D eigenvalue weighted by Crippen LogP contribution is -2.38. The second-order valence-electron chi connectivity index (χ2n) is 5.47. The van der Waals surface area contributed by atoms with Crippen molar-refractivity contribution in [1.29, 1.82) is 0 Å². The monoisotopic (exact) mass is 279 g/mol. The van der Waals surface area contributed by atoms with Crippen LogP contribution < -0.4 is 10.6 Å². The summed E-state index contributed by atoms with van der Waals surface area (Å²) in [5, 5.41) is 6.16. The van der Waals surface area contributed by atoms with Crippen molar-refractivity contribution < 1.29 is 9.18 Å². The van der Waals surface area contributed by atoms with Crippen LogP contribution in [0.15, 0.2) is 24.3 Å². The molecule has 1 aromatic carbocycles. The van der Waals surface area contributed by atoms with Crippen molar-refractivity contribution in [3.05, 3.63) is 35.6 Å². The van der Waals surface area contributed by atoms with Gasteiger partial charge in [0.25, 0.3) is 0 Å². The number of hydrogen-bond acceptors (Lipinski definition) is 3. The summed E-state index contributed by atoms with van der Waals surface area (Å²) in [4.78, 5) is 14.0. The van der Waals surface area contributed by atoms with Gasteiger partial charge >= 0.3 is 0 Å². The lowest BCUT2D eigenvalue weighted by atomic mass is 10.0. The van der Waals surface area contributed by atoms with E-state index < -0.39 is 0 Å². The Hall–Kier alpha value is -1.46. The van der Waals surface area contributed by atoms with Crippen molar-refractivity contribution in [3.8, 4) is 0 Å². The van der Waals surface area contributed by atoms with Gasteiger partial charge in [-0.3, -0.25) is 4.79 Å². The van der Waals surface area contributed by atoms with E-state index in [9.17, 15) is 9.18 Å². The summed E-state index contributed by atoms with van der Waals surface area (Å²) in [5.41, 5.74) is 0.875. The molecule has 20 heavy (non-hydrogen) atoms. The summed E-state index contributed by atoms with van der Waals surface area (Å²) in [5.74, 6) is -0.107. The first-order chi connectivity index (χ1) is 9.58. The maximum Gasteiger partial charge on any atom is 0.224 e. The van der Waals surface area contributed by atoms with Crippen LogP contribution in [0, 0.1) is 11.7 Å². The number of benzene rings is 1. The topological polar surface area (TPSA) is 44.4 Å². The van der Waals surface area contributed by atoms with Crippen LogP contribution in [0.25, 0.3) is 0 Å². The molecule has 2 rings (SSSR count). The van der Waals surface area contributed by atoms with E-state index in [0.717, 1.165) is 25.1 Å². The molecule has 0 spiro atoms. The Bertz CT molecular complexity index is 458. The third-order valence-electron chi connectivity index (χ3n) is 3.76. The van der Waals surface area contributed by atoms with Crippen LogP contribution >= 0.6 is 0 Å². The number of carbonyl (C=O) groups excluding carboxylic acids is 1. The first kappa shape index (κ1) is 14.9. The van der Waals surface area contributed by atoms with Crippen LogP contribution in [-0.4, -0.2) is 44.5 Å². The molecule has 0 aliphatic carbocycles. The Labute approximate surface area is 119 Å². The molecule has 1 aliphatic heterocycles. The molecule has 1 saturated heterocycles. The lowest BCUT2D eigenvalue weighted by Gasteiger charge is -2.25. The Morgan fingerprint density at radius 3 is 2.95 bits per heavy atom. The van der Waals surface area contributed by atoms with Gasteiger partial charge < -0.3 is 15.5 Å². The summed E-state index contributed by atoms with van der Waals surface area (Å²) >= 11 is 0. The van der Waals surface area contributed by atoms with Gasteiger partial charge in [-0.15, -0.1) is 0 Å². The van der Waals surface area contributed by atoms with E-state index in [1.54, 1.807) is 6.07 Å². The Morgan fingerprint density at radius 2 is 2.35 bits per heavy atom. The largest absolute Gasteiger partial charge is 0.354 e. The molecule has 4 nitrogen and oxygen atoms in total. The van der Waals surface area contributed by atoms with E-state index in [4.69, 9.17) is 0 Å². The summed E-state index contributed by atoms with van der Waals surface area (Å²) in [6.45, 7) is 2.14. The summed E-state index contributed by atoms with van der Waals surface area (Å²) in [6, 6.07) is 6.51. The molecule has 0 radical (unpaired) electrons. The number of likely N-dealkylation sites (N-methyl/N-ethyl adjacent to an activating group) is 1. The van der Waals surface area contributed by atoms with Crippen LogP contribution in [0.4, 0.5) is 4.39 Å². The van der Waals surface area contributed by atoms with Crippen molar-refractivity contribution in [2.45, 2.75) is 12.5 Å². The van der Waals surface area contributed by atoms with Gasteiger partial charge in [0, 0.05) is 13.1 Å². The molecular formula is C15H22FN3O. The fourth-order valence-corrected chi connectivity index (χ4v) is 2.53. The maximum absolute atomic E-state index is 13.3. The van der Waals surface area contributed by atoms with Crippen LogP contribution in [-0.2, 0) is 4.79 Å². The van der Waals surface area contributed by atoms with E-state index in [0.29, 0.717) is 6.54 Å². The van der Waals surface area contributed by atoms with Crippen molar-refractivity contribution in [2.24, 2.45) is 5.92 Å². The van der Waals surface area contributed by atoms with Gasteiger partial charge in [-0.1, -0.05) is 12.1 Å². The molecule has 0 bridgehead atoms. The smallest absolute Gasteiger partial charge is 0.224 e. The molecule has 110 valence electrons. The molecule has 5 heteroatoms. The number of nitrogens with zero attached hydrogens (tertiary/aromatic N) is 1. The van der Waals surface area contributed by atoms with Crippen LogP contribution in [0.5, 0.6) is 0 Å². The number of amides is 1. The average Bonchev–Trinajstić information content (AvgIpc) is 2.92. The molecule has 1 fully saturated rings. The third kappa shape index (κ3) is 3.77. The van der Waals surface area contributed by atoms with E-state index in [2.05, 4.69) is 10.6 Å². The van der Waals surface area contributed by atoms with Crippen molar-refractivity contribution >= 4 is 5.91 Å². The summed E-state index contributed by atoms with van der Waals surface area (Å²) < 4.78 is 13.3. The zero-order chi connectivity index (χ0) is 14.5. The highest BCUT2D eigenvalue weighted by molar-refractivity contribution is 5.79. The number of hydrogen-bond donors (Lipinski definition) is 2. The quantitative estimate of drug-likeness (QED) is 0.850. The predicted octanol–water partition coefficient (Wildman–Crippen LogP) is 1.15. The summed E-state index contributed by atoms with van der Waals surface area (Å²) in [7, 11) is 3.86. The third-order valence-corrected chi connectivity index (χ3v) is 3.76. The summed E-state index contributed by atoms with van der Waals surface area (Å²) in [6.07, 6.45) is 0.887. The second-order valence-corrected chi connectivity index (χ2v) is 5.47. The molecule has 1 aliphatic rings. The number of nitrogens with one attached hydrogen (secondary N) is 2. The number of rotatable bonds is 5. The zero-order valence-corrected chi connectivity index (χ0v) is 12.0. The van der Waals surface area contributed by atoms with Gasteiger partial charge in [-0.25, -0.2) is 4.39 Å². The predicted molar refractivity (Wildman–Crippen MR) is 76.8 cm³/mol. The minimum atomic E-state index is -0.249. The normalized spacial score (nSPS) is 20.1. The highest BCUT2D eigenvalue weighted by Gasteiger charge is 2.23. The lowest BCUT2D eigenvalue weighted by molar-refractivity contribution is -0.124. The van der Waals surface area contributed by atoms with Gasteiger partial charge in [0.1, 0.15) is 5.82 Å². The fourth-order valence-electron chi connectivity index (χ4n) is 2.53. The van der Waals surface area contributed by atoms with Gasteiger partial charge in [0.05, 0.1) is 12.0 Å². The first-order valence-electron chi connectivity index (χ1n) is 6.98. The van der Waals surface area contributed by atoms with Crippen molar-refractivity contribution in [3.63, 3.8) is 0 Å². The van der Waals surface area contributed by atoms with E-state index in [1.807, 2.05) is 25.1 Å². The molecule has 2 N–H and O–H groups in total. The molecule has 1 amide bonds. The number of carbonyl (C=O) groups is 1. The van der Waals surface area contributed by atoms with Gasteiger partial charge in [-0.2, -0.15) is 0 Å². The van der Waals surface area contributed by atoms with Crippen LogP contribution in [0.2, 0.25) is 0 Å². The standard InChI is InChI=1S/C15H22FN3O/c1-19(2)14(11-4-3-5-13(16)8-11)10-18-15(20)12-6-7-17-9-12/h3-5,8,12,14,17H,6-7,9-10H2,1-2H3,(H,18,20). The SMILES string of the molecule is CN(C)C(CNC(=O)C1CCNC1)c1cccc(F)c1. The van der Waals surface area contributed by atoms with E-state index in [1.165, 1.54) is 12.1 Å². The molecule has 0 aromatic heterocycles. The van der Waals surface area contributed by atoms with Crippen molar-refractivity contribution in [1.82, 2.24) is 15.5 Å². The molecule has 1 heterocycles. The zero-order valence-electron chi connectivity index (χ0n) is 12.0. The Morgan fingerprint density at radius 1 is 1.55 bits per heavy atom. The molecule has 0 saturated carbocycles. The number of halogens is 1. The van der Waals surface area contributed by atoms with Crippen LogP contribution in [0.1, 0.15) is 18.0 Å². The van der Waals surface area contributed by atoms with Gasteiger partial charge in [0.15, 0.2) is 0 Å². The molecule has 1 aromatic rings. The van der Waals surface area contributed by atoms with E-state index in [-0.39, 0.29) is 23.7 Å². The van der Waals surface area contributed by atoms with Crippen LogP contribution in [0.3, 0.4) is 0 Å². The maximum atomic E-state index is 13.3.